The molecule has 12 heavy (non-hydrogen) atoms. The van der Waals surface area contributed by atoms with E-state index < -0.39 is 0 Å². The summed E-state index contributed by atoms with van der Waals surface area (Å²) in [6.45, 7) is 0.425. The van der Waals surface area contributed by atoms with E-state index in [-0.39, 0.29) is 0 Å². The molecule has 1 aromatic heterocycles. The molecule has 0 spiro atoms. The van der Waals surface area contributed by atoms with Gasteiger partial charge in [-0.25, -0.2) is 4.98 Å². The van der Waals surface area contributed by atoms with Crippen molar-refractivity contribution in [2.24, 2.45) is 0 Å². The second-order valence-corrected chi connectivity index (χ2v) is 3.36. The molecule has 0 aliphatic heterocycles. The van der Waals surface area contributed by atoms with E-state index >= 15 is 0 Å². The lowest BCUT2D eigenvalue weighted by Gasteiger charge is -2.03. The van der Waals surface area contributed by atoms with Crippen LogP contribution in [0.2, 0.25) is 5.02 Å². The number of nitrogens with zero attached hydrogens (tertiary/aromatic N) is 1. The van der Waals surface area contributed by atoms with Crippen LogP contribution in [0.1, 0.15) is 0 Å². The van der Waals surface area contributed by atoms with Crippen LogP contribution in [0.25, 0.3) is 0 Å². The minimum atomic E-state index is 0.425. The summed E-state index contributed by atoms with van der Waals surface area (Å²) >= 11 is 9.09. The van der Waals surface area contributed by atoms with Crippen LogP contribution in [0.4, 0.5) is 5.82 Å². The fourth-order valence-electron chi connectivity index (χ4n) is 0.679. The van der Waals surface area contributed by atoms with E-state index in [9.17, 15) is 0 Å². The highest BCUT2D eigenvalue weighted by molar-refractivity contribution is 9.10. The smallest absolute Gasteiger partial charge is 0.145 e. The number of hydrogen-bond acceptors (Lipinski definition) is 2. The van der Waals surface area contributed by atoms with Gasteiger partial charge in [0.15, 0.2) is 0 Å². The zero-order valence-corrected chi connectivity index (χ0v) is 8.48. The number of nitrogens with one attached hydrogen (secondary N) is 1. The molecule has 0 amide bonds. The van der Waals surface area contributed by atoms with E-state index in [0.29, 0.717) is 17.4 Å². The molecule has 1 N–H and O–H groups in total. The number of hydrogen-bond donors (Lipinski definition) is 1. The maximum absolute atomic E-state index is 5.84. The van der Waals surface area contributed by atoms with Crippen LogP contribution in [-0.4, -0.2) is 11.5 Å². The Kier molecular flexibility index (Phi) is 3.39. The molecule has 1 heterocycles. The Morgan fingerprint density at radius 1 is 1.75 bits per heavy atom. The van der Waals surface area contributed by atoms with Gasteiger partial charge in [0.25, 0.3) is 0 Å². The van der Waals surface area contributed by atoms with Crippen LogP contribution in [0.15, 0.2) is 16.7 Å². The molecule has 0 radical (unpaired) electrons. The molecule has 0 bridgehead atoms. The maximum atomic E-state index is 5.84. The fourth-order valence-corrected chi connectivity index (χ4v) is 1.38. The highest BCUT2D eigenvalue weighted by atomic mass is 79.9. The SMILES string of the molecule is C#CCNc1ncc(Br)cc1Cl. The normalized spacial score (nSPS) is 9.08. The molecule has 2 nitrogen and oxygen atoms in total. The Balaban J connectivity index is 2.81. The number of terminal acetylenes is 1. The van der Waals surface area contributed by atoms with Crippen LogP contribution in [0, 0.1) is 12.3 Å². The van der Waals surface area contributed by atoms with Crippen molar-refractivity contribution in [2.75, 3.05) is 11.9 Å². The molecule has 0 atom stereocenters. The Labute approximate surface area is 84.5 Å². The lowest BCUT2D eigenvalue weighted by molar-refractivity contribution is 1.24. The summed E-state index contributed by atoms with van der Waals surface area (Å²) in [5.74, 6) is 3.05. The average Bonchev–Trinajstić information content (AvgIpc) is 2.03. The Morgan fingerprint density at radius 3 is 3.08 bits per heavy atom. The van der Waals surface area contributed by atoms with Gasteiger partial charge in [0.05, 0.1) is 11.6 Å². The Morgan fingerprint density at radius 2 is 2.50 bits per heavy atom. The highest BCUT2D eigenvalue weighted by Crippen LogP contribution is 2.22. The van der Waals surface area contributed by atoms with Crippen molar-refractivity contribution in [3.8, 4) is 12.3 Å². The second kappa shape index (κ2) is 4.34. The highest BCUT2D eigenvalue weighted by Gasteiger charge is 1.99. The fraction of sp³-hybridized carbons (Fsp3) is 0.125. The first-order valence-corrected chi connectivity index (χ1v) is 4.39. The molecule has 0 aromatic carbocycles. The van der Waals surface area contributed by atoms with Crippen LogP contribution in [-0.2, 0) is 0 Å². The first kappa shape index (κ1) is 9.37. The lowest BCUT2D eigenvalue weighted by Crippen LogP contribution is -2.00. The summed E-state index contributed by atoms with van der Waals surface area (Å²) in [6.07, 6.45) is 6.72. The predicted molar refractivity (Wildman–Crippen MR) is 54.3 cm³/mol. The van der Waals surface area contributed by atoms with Gasteiger partial charge in [0.1, 0.15) is 5.82 Å². The van der Waals surface area contributed by atoms with E-state index in [0.717, 1.165) is 4.47 Å². The third-order valence-electron chi connectivity index (χ3n) is 1.17. The lowest BCUT2D eigenvalue weighted by atomic mass is 10.4. The summed E-state index contributed by atoms with van der Waals surface area (Å²) in [4.78, 5) is 4.03. The molecule has 0 saturated heterocycles. The largest absolute Gasteiger partial charge is 0.358 e. The van der Waals surface area contributed by atoms with E-state index in [4.69, 9.17) is 18.0 Å². The quantitative estimate of drug-likeness (QED) is 0.810. The molecular weight excluding hydrogens is 239 g/mol. The van der Waals surface area contributed by atoms with Crippen molar-refractivity contribution in [1.29, 1.82) is 0 Å². The third-order valence-corrected chi connectivity index (χ3v) is 1.89. The zero-order chi connectivity index (χ0) is 8.97. The second-order valence-electron chi connectivity index (χ2n) is 2.04. The summed E-state index contributed by atoms with van der Waals surface area (Å²) in [5.41, 5.74) is 0. The predicted octanol–water partition coefficient (Wildman–Crippen LogP) is 2.54. The number of aromatic nitrogens is 1. The molecule has 0 aliphatic rings. The molecule has 62 valence electrons. The van der Waals surface area contributed by atoms with Crippen LogP contribution in [0.3, 0.4) is 0 Å². The van der Waals surface area contributed by atoms with Crippen LogP contribution in [0.5, 0.6) is 0 Å². The molecular formula is C8H6BrClN2. The van der Waals surface area contributed by atoms with Crippen molar-refractivity contribution < 1.29 is 0 Å². The molecule has 0 saturated carbocycles. The summed E-state index contributed by atoms with van der Waals surface area (Å²) < 4.78 is 0.846. The first-order chi connectivity index (χ1) is 5.74. The van der Waals surface area contributed by atoms with Crippen molar-refractivity contribution in [1.82, 2.24) is 4.98 Å². The molecule has 1 aromatic rings. The monoisotopic (exact) mass is 244 g/mol. The van der Waals surface area contributed by atoms with Gasteiger partial charge in [-0.15, -0.1) is 6.42 Å². The van der Waals surface area contributed by atoms with Gasteiger partial charge in [-0.05, 0) is 22.0 Å². The minimum absolute atomic E-state index is 0.425. The molecule has 0 fully saturated rings. The molecule has 0 aliphatic carbocycles. The van der Waals surface area contributed by atoms with Gasteiger partial charge < -0.3 is 5.32 Å². The third kappa shape index (κ3) is 2.40. The van der Waals surface area contributed by atoms with Crippen molar-refractivity contribution in [3.63, 3.8) is 0 Å². The number of rotatable bonds is 2. The van der Waals surface area contributed by atoms with Crippen molar-refractivity contribution in [3.05, 3.63) is 21.8 Å². The van der Waals surface area contributed by atoms with Gasteiger partial charge in [-0.1, -0.05) is 17.5 Å². The minimum Gasteiger partial charge on any atom is -0.358 e. The number of halogens is 2. The Hall–Kier alpha value is -0.720. The number of anilines is 1. The molecule has 0 unspecified atom stereocenters. The topological polar surface area (TPSA) is 24.9 Å². The average molecular weight is 246 g/mol. The van der Waals surface area contributed by atoms with Crippen molar-refractivity contribution >= 4 is 33.3 Å². The summed E-state index contributed by atoms with van der Waals surface area (Å²) in [5, 5.41) is 3.45. The summed E-state index contributed by atoms with van der Waals surface area (Å²) in [7, 11) is 0. The summed E-state index contributed by atoms with van der Waals surface area (Å²) in [6, 6.07) is 1.76. The van der Waals surface area contributed by atoms with E-state index in [1.165, 1.54) is 0 Å². The van der Waals surface area contributed by atoms with Crippen LogP contribution >= 0.6 is 27.5 Å². The Bertz CT molecular complexity index is 319. The van der Waals surface area contributed by atoms with Gasteiger partial charge in [0, 0.05) is 10.7 Å². The molecule has 4 heteroatoms. The van der Waals surface area contributed by atoms with Gasteiger partial charge in [-0.3, -0.25) is 0 Å². The zero-order valence-electron chi connectivity index (χ0n) is 6.14. The number of pyridine rings is 1. The standard InChI is InChI=1S/C8H6BrClN2/c1-2-3-11-8-7(10)4-6(9)5-12-8/h1,4-5H,3H2,(H,11,12). The van der Waals surface area contributed by atoms with Gasteiger partial charge in [-0.2, -0.15) is 0 Å². The van der Waals surface area contributed by atoms with Crippen molar-refractivity contribution in [2.45, 2.75) is 0 Å². The van der Waals surface area contributed by atoms with Gasteiger partial charge >= 0.3 is 0 Å². The maximum Gasteiger partial charge on any atom is 0.145 e. The molecule has 1 rings (SSSR count). The van der Waals surface area contributed by atoms with E-state index in [1.54, 1.807) is 12.3 Å². The van der Waals surface area contributed by atoms with E-state index in [1.807, 2.05) is 0 Å². The first-order valence-electron chi connectivity index (χ1n) is 3.22. The van der Waals surface area contributed by atoms with E-state index in [2.05, 4.69) is 32.2 Å². The van der Waals surface area contributed by atoms with Crippen LogP contribution < -0.4 is 5.32 Å². The van der Waals surface area contributed by atoms with Gasteiger partial charge in [0.2, 0.25) is 0 Å².